The third-order valence-electron chi connectivity index (χ3n) is 2.55. The number of carbonyl (C=O) groups is 2. The van der Waals surface area contributed by atoms with Crippen LogP contribution in [0.15, 0.2) is 0 Å². The topological polar surface area (TPSA) is 66.8 Å². The number of hydrogen-bond acceptors (Lipinski definition) is 3. The van der Waals surface area contributed by atoms with Crippen molar-refractivity contribution in [3.05, 3.63) is 0 Å². The van der Waals surface area contributed by atoms with Gasteiger partial charge in [-0.2, -0.15) is 0 Å². The van der Waals surface area contributed by atoms with Crippen molar-refractivity contribution in [1.29, 1.82) is 0 Å². The Bertz CT molecular complexity index is 352. The van der Waals surface area contributed by atoms with Gasteiger partial charge in [-0.15, -0.1) is 12.3 Å². The lowest BCUT2D eigenvalue weighted by Gasteiger charge is -2.24. The van der Waals surface area contributed by atoms with E-state index in [-0.39, 0.29) is 6.54 Å². The molecule has 0 saturated heterocycles. The molecule has 0 unspecified atom stereocenters. The van der Waals surface area contributed by atoms with Gasteiger partial charge in [0.25, 0.3) is 0 Å². The molecular weight excluding hydrogens is 258 g/mol. The molecule has 0 rings (SSSR count). The van der Waals surface area contributed by atoms with Gasteiger partial charge in [-0.25, -0.2) is 14.5 Å². The second-order valence-corrected chi connectivity index (χ2v) is 5.64. The van der Waals surface area contributed by atoms with Crippen LogP contribution in [0.4, 0.5) is 9.59 Å². The number of unbranched alkanes of at least 4 members (excludes halogenated alkanes) is 5. The van der Waals surface area contributed by atoms with E-state index in [4.69, 9.17) is 16.3 Å². The van der Waals surface area contributed by atoms with Crippen LogP contribution in [-0.2, 0) is 4.74 Å². The van der Waals surface area contributed by atoms with Crippen LogP contribution in [0.5, 0.6) is 0 Å². The van der Waals surface area contributed by atoms with Crippen molar-refractivity contribution in [3.8, 4) is 12.3 Å². The highest BCUT2D eigenvalue weighted by atomic mass is 16.6. The van der Waals surface area contributed by atoms with Gasteiger partial charge in [0.05, 0.1) is 0 Å². The molecule has 0 aliphatic rings. The predicted octanol–water partition coefficient (Wildman–Crippen LogP) is 3.88. The molecule has 20 heavy (non-hydrogen) atoms. The maximum atomic E-state index is 11.7. The van der Waals surface area contributed by atoms with Crippen molar-refractivity contribution in [2.75, 3.05) is 6.54 Å². The van der Waals surface area contributed by atoms with Gasteiger partial charge in [-0.05, 0) is 33.6 Å². The summed E-state index contributed by atoms with van der Waals surface area (Å²) in [6, 6.07) is 0. The van der Waals surface area contributed by atoms with Crippen LogP contribution >= 0.6 is 0 Å². The van der Waals surface area contributed by atoms with Gasteiger partial charge >= 0.3 is 12.2 Å². The monoisotopic (exact) mass is 283 g/mol. The highest BCUT2D eigenvalue weighted by Crippen LogP contribution is 2.12. The first kappa shape index (κ1) is 18.3. The van der Waals surface area contributed by atoms with E-state index in [1.54, 1.807) is 20.8 Å². The van der Waals surface area contributed by atoms with E-state index in [1.165, 1.54) is 0 Å². The molecule has 0 fully saturated rings. The minimum atomic E-state index is -1.27. The summed E-state index contributed by atoms with van der Waals surface area (Å²) in [5.41, 5.74) is -0.694. The average Bonchev–Trinajstić information content (AvgIpc) is 2.29. The third-order valence-corrected chi connectivity index (χ3v) is 2.55. The zero-order chi connectivity index (χ0) is 15.6. The summed E-state index contributed by atoms with van der Waals surface area (Å²) < 4.78 is 5.06. The Morgan fingerprint density at radius 3 is 2.20 bits per heavy atom. The first-order chi connectivity index (χ1) is 9.28. The number of nitrogens with zero attached hydrogens (tertiary/aromatic N) is 1. The fourth-order valence-corrected chi connectivity index (χ4v) is 1.61. The van der Waals surface area contributed by atoms with E-state index in [1.807, 2.05) is 0 Å². The van der Waals surface area contributed by atoms with Gasteiger partial charge in [0, 0.05) is 13.0 Å². The maximum Gasteiger partial charge on any atom is 0.419 e. The van der Waals surface area contributed by atoms with E-state index in [2.05, 4.69) is 5.92 Å². The number of amides is 2. The standard InChI is InChI=1S/C15H25NO4/c1-5-6-7-8-9-10-11-12-16(13(17)18)14(19)20-15(2,3)4/h1H,6-12H2,2-4H3,(H,17,18). The predicted molar refractivity (Wildman–Crippen MR) is 77.5 cm³/mol. The van der Waals surface area contributed by atoms with E-state index in [0.717, 1.165) is 37.0 Å². The fraction of sp³-hybridized carbons (Fsp3) is 0.733. The molecule has 0 aliphatic carbocycles. The molecule has 0 aliphatic heterocycles. The van der Waals surface area contributed by atoms with E-state index >= 15 is 0 Å². The first-order valence-corrected chi connectivity index (χ1v) is 6.95. The highest BCUT2D eigenvalue weighted by Gasteiger charge is 2.26. The van der Waals surface area contributed by atoms with Crippen LogP contribution in [0.25, 0.3) is 0 Å². The Kier molecular flexibility index (Phi) is 8.46. The van der Waals surface area contributed by atoms with Crippen LogP contribution in [0, 0.1) is 12.3 Å². The number of imide groups is 1. The summed E-state index contributed by atoms with van der Waals surface area (Å²) in [7, 11) is 0. The molecule has 0 radical (unpaired) electrons. The molecule has 0 saturated carbocycles. The van der Waals surface area contributed by atoms with E-state index in [0.29, 0.717) is 6.42 Å². The summed E-state index contributed by atoms with van der Waals surface area (Å²) >= 11 is 0. The Balaban J connectivity index is 4.02. The number of hydrogen-bond donors (Lipinski definition) is 1. The van der Waals surface area contributed by atoms with Crippen LogP contribution in [0.2, 0.25) is 0 Å². The zero-order valence-electron chi connectivity index (χ0n) is 12.6. The molecule has 0 bridgehead atoms. The molecule has 0 aromatic carbocycles. The van der Waals surface area contributed by atoms with Crippen molar-refractivity contribution >= 4 is 12.2 Å². The number of rotatable bonds is 7. The smallest absolute Gasteiger partial charge is 0.419 e. The van der Waals surface area contributed by atoms with Crippen LogP contribution in [-0.4, -0.2) is 34.3 Å². The Labute approximate surface area is 121 Å². The maximum absolute atomic E-state index is 11.7. The van der Waals surface area contributed by atoms with Gasteiger partial charge in [-0.1, -0.05) is 19.3 Å². The third kappa shape index (κ3) is 9.26. The van der Waals surface area contributed by atoms with Gasteiger partial charge in [0.1, 0.15) is 5.60 Å². The molecule has 5 heteroatoms. The van der Waals surface area contributed by atoms with Crippen molar-refractivity contribution in [2.24, 2.45) is 0 Å². The normalized spacial score (nSPS) is 10.7. The molecule has 0 aromatic rings. The molecule has 1 N–H and O–H groups in total. The van der Waals surface area contributed by atoms with Crippen LogP contribution < -0.4 is 0 Å². The lowest BCUT2D eigenvalue weighted by molar-refractivity contribution is 0.0267. The molecule has 0 heterocycles. The van der Waals surface area contributed by atoms with E-state index in [9.17, 15) is 9.59 Å². The van der Waals surface area contributed by atoms with Gasteiger partial charge < -0.3 is 9.84 Å². The van der Waals surface area contributed by atoms with Crippen LogP contribution in [0.3, 0.4) is 0 Å². The number of carbonyl (C=O) groups excluding carboxylic acids is 1. The lowest BCUT2D eigenvalue weighted by atomic mass is 10.1. The second kappa shape index (κ2) is 9.24. The number of ether oxygens (including phenoxy) is 1. The van der Waals surface area contributed by atoms with Gasteiger partial charge in [0.2, 0.25) is 0 Å². The minimum Gasteiger partial charge on any atom is -0.465 e. The zero-order valence-corrected chi connectivity index (χ0v) is 12.6. The number of terminal acetylenes is 1. The largest absolute Gasteiger partial charge is 0.465 e. The van der Waals surface area contributed by atoms with Crippen LogP contribution in [0.1, 0.15) is 59.3 Å². The second-order valence-electron chi connectivity index (χ2n) is 5.64. The van der Waals surface area contributed by atoms with Gasteiger partial charge in [0.15, 0.2) is 0 Å². The van der Waals surface area contributed by atoms with Crippen molar-refractivity contribution < 1.29 is 19.4 Å². The number of carboxylic acid groups (broad SMARTS) is 1. The summed E-state index contributed by atoms with van der Waals surface area (Å²) in [4.78, 5) is 23.5. The Morgan fingerprint density at radius 1 is 1.15 bits per heavy atom. The van der Waals surface area contributed by atoms with Crippen molar-refractivity contribution in [3.63, 3.8) is 0 Å². The summed E-state index contributed by atoms with van der Waals surface area (Å²) in [5, 5.41) is 9.02. The molecule has 2 amide bonds. The molecule has 0 spiro atoms. The highest BCUT2D eigenvalue weighted by molar-refractivity contribution is 5.86. The molecule has 0 atom stereocenters. The van der Waals surface area contributed by atoms with E-state index < -0.39 is 17.8 Å². The first-order valence-electron chi connectivity index (χ1n) is 6.95. The molecule has 0 aromatic heterocycles. The lowest BCUT2D eigenvalue weighted by Crippen LogP contribution is -2.40. The molecule has 5 nitrogen and oxygen atoms in total. The minimum absolute atomic E-state index is 0.166. The molecular formula is C15H25NO4. The Hall–Kier alpha value is -1.70. The summed E-state index contributed by atoms with van der Waals surface area (Å²) in [6.45, 7) is 5.28. The SMILES string of the molecule is C#CCCCCCCCN(C(=O)O)C(=O)OC(C)(C)C. The summed E-state index contributed by atoms with van der Waals surface area (Å²) in [5.74, 6) is 2.58. The van der Waals surface area contributed by atoms with Crippen molar-refractivity contribution in [2.45, 2.75) is 64.9 Å². The Morgan fingerprint density at radius 2 is 1.70 bits per heavy atom. The quantitative estimate of drug-likeness (QED) is 0.569. The van der Waals surface area contributed by atoms with Gasteiger partial charge in [-0.3, -0.25) is 0 Å². The van der Waals surface area contributed by atoms with Crippen molar-refractivity contribution in [1.82, 2.24) is 4.90 Å². The molecule has 114 valence electrons. The average molecular weight is 283 g/mol. The summed E-state index contributed by atoms with van der Waals surface area (Å²) in [6.07, 6.45) is 8.37. The fourth-order valence-electron chi connectivity index (χ4n) is 1.61.